The number of rotatable bonds is 6. The molecule has 0 saturated carbocycles. The second-order valence-electron chi connectivity index (χ2n) is 6.15. The summed E-state index contributed by atoms with van der Waals surface area (Å²) in [5.41, 5.74) is 1.22. The molecule has 22 heavy (non-hydrogen) atoms. The lowest BCUT2D eigenvalue weighted by Gasteiger charge is -2.32. The van der Waals surface area contributed by atoms with Gasteiger partial charge in [-0.25, -0.2) is 0 Å². The van der Waals surface area contributed by atoms with Gasteiger partial charge in [-0.2, -0.15) is 0 Å². The van der Waals surface area contributed by atoms with Crippen molar-refractivity contribution in [2.45, 2.75) is 52.2 Å². The number of likely N-dealkylation sites (tertiary alicyclic amines) is 1. The molecule has 1 fully saturated rings. The maximum Gasteiger partial charge on any atom is 0.219 e. The van der Waals surface area contributed by atoms with Crippen LogP contribution < -0.4 is 10.1 Å². The molecule has 1 aromatic rings. The highest BCUT2D eigenvalue weighted by Gasteiger charge is 2.21. The number of nitrogens with one attached hydrogen (secondary N) is 1. The first-order chi connectivity index (χ1) is 10.6. The van der Waals surface area contributed by atoms with Gasteiger partial charge in [-0.05, 0) is 43.9 Å². The van der Waals surface area contributed by atoms with Gasteiger partial charge in [-0.15, -0.1) is 0 Å². The predicted molar refractivity (Wildman–Crippen MR) is 89.2 cm³/mol. The summed E-state index contributed by atoms with van der Waals surface area (Å²) in [6.07, 6.45) is 3.22. The smallest absolute Gasteiger partial charge is 0.219 e. The van der Waals surface area contributed by atoms with E-state index in [1.807, 2.05) is 17.0 Å². The molecule has 1 heterocycles. The minimum Gasteiger partial charge on any atom is -0.489 e. The number of nitrogens with zero attached hydrogens (tertiary/aromatic N) is 1. The molecular weight excluding hydrogens is 276 g/mol. The Morgan fingerprint density at radius 2 is 2.14 bits per heavy atom. The van der Waals surface area contributed by atoms with Crippen LogP contribution >= 0.6 is 0 Å². The van der Waals surface area contributed by atoms with E-state index in [1.54, 1.807) is 6.92 Å². The Labute approximate surface area is 133 Å². The van der Waals surface area contributed by atoms with Crippen LogP contribution in [0.5, 0.6) is 5.75 Å². The summed E-state index contributed by atoms with van der Waals surface area (Å²) in [5, 5.41) is 3.60. The number of benzene rings is 1. The summed E-state index contributed by atoms with van der Waals surface area (Å²) < 4.78 is 6.07. The molecule has 1 aliphatic rings. The summed E-state index contributed by atoms with van der Waals surface area (Å²) in [4.78, 5) is 13.3. The third-order valence-corrected chi connectivity index (χ3v) is 4.32. The number of ether oxygens (including phenoxy) is 1. The third kappa shape index (κ3) is 5.02. The van der Waals surface area contributed by atoms with Gasteiger partial charge in [0.2, 0.25) is 5.91 Å². The number of piperidine rings is 1. The van der Waals surface area contributed by atoms with Crippen molar-refractivity contribution < 1.29 is 9.53 Å². The molecule has 0 spiro atoms. The number of carbonyl (C=O) groups is 1. The zero-order chi connectivity index (χ0) is 15.9. The van der Waals surface area contributed by atoms with Crippen LogP contribution in [0.2, 0.25) is 0 Å². The fraction of sp³-hybridized carbons (Fsp3) is 0.611. The van der Waals surface area contributed by atoms with Crippen LogP contribution in [0.1, 0.15) is 38.7 Å². The number of aryl methyl sites for hydroxylation is 1. The summed E-state index contributed by atoms with van der Waals surface area (Å²) in [5.74, 6) is 1.13. The summed E-state index contributed by atoms with van der Waals surface area (Å²) in [6, 6.07) is 8.69. The molecule has 0 radical (unpaired) electrons. The Bertz CT molecular complexity index is 482. The van der Waals surface area contributed by atoms with Crippen LogP contribution in [0.3, 0.4) is 0 Å². The van der Waals surface area contributed by atoms with Gasteiger partial charge in [0.15, 0.2) is 0 Å². The SMILES string of the molecule is CC[C@H](CNC1CCN(C(C)=O)CC1)Oc1cccc(C)c1. The Morgan fingerprint density at radius 1 is 1.41 bits per heavy atom. The van der Waals surface area contributed by atoms with Crippen LogP contribution in [0.15, 0.2) is 24.3 Å². The van der Waals surface area contributed by atoms with Gasteiger partial charge in [-0.3, -0.25) is 4.79 Å². The van der Waals surface area contributed by atoms with Gasteiger partial charge < -0.3 is 15.0 Å². The maximum absolute atomic E-state index is 11.3. The van der Waals surface area contributed by atoms with E-state index in [0.29, 0.717) is 6.04 Å². The second kappa shape index (κ2) is 8.18. The molecule has 1 N–H and O–H groups in total. The van der Waals surface area contributed by atoms with Gasteiger partial charge in [0, 0.05) is 32.6 Å². The van der Waals surface area contributed by atoms with Crippen molar-refractivity contribution in [3.05, 3.63) is 29.8 Å². The lowest BCUT2D eigenvalue weighted by molar-refractivity contribution is -0.129. The Hall–Kier alpha value is -1.55. The molecule has 1 saturated heterocycles. The normalized spacial score (nSPS) is 17.3. The van der Waals surface area contributed by atoms with Crippen molar-refractivity contribution in [2.75, 3.05) is 19.6 Å². The first-order valence-electron chi connectivity index (χ1n) is 8.30. The Morgan fingerprint density at radius 3 is 2.73 bits per heavy atom. The number of amides is 1. The van der Waals surface area contributed by atoms with Crippen LogP contribution in [-0.4, -0.2) is 42.6 Å². The highest BCUT2D eigenvalue weighted by molar-refractivity contribution is 5.73. The van der Waals surface area contributed by atoms with E-state index >= 15 is 0 Å². The molecule has 122 valence electrons. The van der Waals surface area contributed by atoms with Gasteiger partial charge in [0.1, 0.15) is 11.9 Å². The van der Waals surface area contributed by atoms with Crippen LogP contribution in [0, 0.1) is 6.92 Å². The van der Waals surface area contributed by atoms with Crippen LogP contribution in [0.4, 0.5) is 0 Å². The van der Waals surface area contributed by atoms with Crippen LogP contribution in [-0.2, 0) is 4.79 Å². The zero-order valence-corrected chi connectivity index (χ0v) is 14.0. The van der Waals surface area contributed by atoms with E-state index in [2.05, 4.69) is 31.3 Å². The van der Waals surface area contributed by atoms with Crippen LogP contribution in [0.25, 0.3) is 0 Å². The van der Waals surface area contributed by atoms with Crippen molar-refractivity contribution in [3.8, 4) is 5.75 Å². The molecule has 4 nitrogen and oxygen atoms in total. The average molecular weight is 304 g/mol. The fourth-order valence-corrected chi connectivity index (χ4v) is 2.85. The minimum absolute atomic E-state index is 0.188. The molecule has 1 amide bonds. The van der Waals surface area contributed by atoms with E-state index in [1.165, 1.54) is 5.56 Å². The molecule has 4 heteroatoms. The number of hydrogen-bond donors (Lipinski definition) is 1. The van der Waals surface area contributed by atoms with E-state index < -0.39 is 0 Å². The predicted octanol–water partition coefficient (Wildman–Crippen LogP) is 2.75. The quantitative estimate of drug-likeness (QED) is 0.878. The monoisotopic (exact) mass is 304 g/mol. The summed E-state index contributed by atoms with van der Waals surface area (Å²) in [6.45, 7) is 8.46. The molecular formula is C18H28N2O2. The van der Waals surface area contributed by atoms with Gasteiger partial charge in [0.25, 0.3) is 0 Å². The van der Waals surface area contributed by atoms with Gasteiger partial charge in [-0.1, -0.05) is 19.1 Å². The first-order valence-corrected chi connectivity index (χ1v) is 8.30. The lowest BCUT2D eigenvalue weighted by Crippen LogP contribution is -2.46. The van der Waals surface area contributed by atoms with Crippen molar-refractivity contribution in [1.82, 2.24) is 10.2 Å². The highest BCUT2D eigenvalue weighted by Crippen LogP contribution is 2.16. The fourth-order valence-electron chi connectivity index (χ4n) is 2.85. The van der Waals surface area contributed by atoms with E-state index in [0.717, 1.165) is 44.6 Å². The molecule has 0 bridgehead atoms. The number of carbonyl (C=O) groups excluding carboxylic acids is 1. The minimum atomic E-state index is 0.188. The standard InChI is InChI=1S/C18H28N2O2/c1-4-17(22-18-7-5-6-14(2)12-18)13-19-16-8-10-20(11-9-16)15(3)21/h5-7,12,16-17,19H,4,8-11,13H2,1-3H3/t17-/m1/s1. The van der Waals surface area contributed by atoms with Crippen molar-refractivity contribution in [2.24, 2.45) is 0 Å². The first kappa shape index (κ1) is 16.8. The molecule has 0 aliphatic carbocycles. The van der Waals surface area contributed by atoms with E-state index in [4.69, 9.17) is 4.74 Å². The highest BCUT2D eigenvalue weighted by atomic mass is 16.5. The Balaban J connectivity index is 1.76. The van der Waals surface area contributed by atoms with Gasteiger partial charge >= 0.3 is 0 Å². The van der Waals surface area contributed by atoms with E-state index in [9.17, 15) is 4.79 Å². The molecule has 1 aliphatic heterocycles. The van der Waals surface area contributed by atoms with Crippen molar-refractivity contribution in [1.29, 1.82) is 0 Å². The third-order valence-electron chi connectivity index (χ3n) is 4.32. The molecule has 0 unspecified atom stereocenters. The lowest BCUT2D eigenvalue weighted by atomic mass is 10.0. The van der Waals surface area contributed by atoms with E-state index in [-0.39, 0.29) is 12.0 Å². The topological polar surface area (TPSA) is 41.6 Å². The average Bonchev–Trinajstić information content (AvgIpc) is 2.52. The Kier molecular flexibility index (Phi) is 6.25. The number of hydrogen-bond acceptors (Lipinski definition) is 3. The zero-order valence-electron chi connectivity index (χ0n) is 14.0. The molecule has 2 rings (SSSR count). The van der Waals surface area contributed by atoms with Crippen molar-refractivity contribution in [3.63, 3.8) is 0 Å². The maximum atomic E-state index is 11.3. The largest absolute Gasteiger partial charge is 0.489 e. The molecule has 1 atom stereocenters. The summed E-state index contributed by atoms with van der Waals surface area (Å²) in [7, 11) is 0. The van der Waals surface area contributed by atoms with Gasteiger partial charge in [0.05, 0.1) is 0 Å². The molecule has 1 aromatic carbocycles. The van der Waals surface area contributed by atoms with Crippen molar-refractivity contribution >= 4 is 5.91 Å². The molecule has 0 aromatic heterocycles. The summed E-state index contributed by atoms with van der Waals surface area (Å²) >= 11 is 0. The second-order valence-corrected chi connectivity index (χ2v) is 6.15.